The van der Waals surface area contributed by atoms with Gasteiger partial charge in [0.1, 0.15) is 5.78 Å². The van der Waals surface area contributed by atoms with Gasteiger partial charge in [-0.1, -0.05) is 24.3 Å². The Balaban J connectivity index is 1.74. The van der Waals surface area contributed by atoms with Crippen molar-refractivity contribution in [3.05, 3.63) is 29.8 Å². The summed E-state index contributed by atoms with van der Waals surface area (Å²) in [6, 6.07) is 8.01. The third kappa shape index (κ3) is 2.85. The lowest BCUT2D eigenvalue weighted by Gasteiger charge is -2.32. The van der Waals surface area contributed by atoms with Crippen LogP contribution in [0.1, 0.15) is 52.2 Å². The van der Waals surface area contributed by atoms with Gasteiger partial charge in [-0.05, 0) is 38.7 Å². The maximum atomic E-state index is 11.5. The summed E-state index contributed by atoms with van der Waals surface area (Å²) in [5.41, 5.74) is 1.35. The predicted octanol–water partition coefficient (Wildman–Crippen LogP) is 2.41. The van der Waals surface area contributed by atoms with E-state index >= 15 is 0 Å². The molecule has 0 aromatic heterocycles. The molecule has 4 nitrogen and oxygen atoms in total. The van der Waals surface area contributed by atoms with E-state index in [0.29, 0.717) is 19.4 Å². The molecule has 1 aromatic rings. The van der Waals surface area contributed by atoms with Crippen LogP contribution in [0.15, 0.2) is 24.3 Å². The van der Waals surface area contributed by atoms with Crippen LogP contribution in [-0.2, 0) is 18.8 Å². The minimum atomic E-state index is -0.354. The van der Waals surface area contributed by atoms with Crippen molar-refractivity contribution in [2.24, 2.45) is 0 Å². The van der Waals surface area contributed by atoms with Crippen molar-refractivity contribution in [1.29, 1.82) is 0 Å². The average molecular weight is 302 g/mol. The summed E-state index contributed by atoms with van der Waals surface area (Å²) in [7, 11) is -0.354. The highest BCUT2D eigenvalue weighted by atomic mass is 16.7. The largest absolute Gasteiger partial charge is 0.494 e. The van der Waals surface area contributed by atoms with Gasteiger partial charge in [-0.3, -0.25) is 4.79 Å². The Kier molecular flexibility index (Phi) is 3.92. The number of carbonyl (C=O) groups excluding carboxylic acids is 1. The Hall–Kier alpha value is -1.17. The monoisotopic (exact) mass is 302 g/mol. The second-order valence-corrected chi connectivity index (χ2v) is 7.11. The number of hydrogen-bond acceptors (Lipinski definition) is 4. The predicted molar refractivity (Wildman–Crippen MR) is 85.1 cm³/mol. The summed E-state index contributed by atoms with van der Waals surface area (Å²) in [5.74, 6) is 0.270. The van der Waals surface area contributed by atoms with Crippen LogP contribution >= 0.6 is 0 Å². The fraction of sp³-hybridized carbons (Fsp3) is 0.588. The summed E-state index contributed by atoms with van der Waals surface area (Å²) < 4.78 is 17.8. The van der Waals surface area contributed by atoms with Crippen LogP contribution in [0.4, 0.5) is 0 Å². The zero-order valence-electron chi connectivity index (χ0n) is 13.7. The van der Waals surface area contributed by atoms with E-state index in [4.69, 9.17) is 14.0 Å². The van der Waals surface area contributed by atoms with Gasteiger partial charge in [-0.2, -0.15) is 0 Å². The normalized spacial score (nSPS) is 27.2. The molecule has 1 unspecified atom stereocenters. The highest BCUT2D eigenvalue weighted by molar-refractivity contribution is 6.62. The van der Waals surface area contributed by atoms with Gasteiger partial charge in [0.25, 0.3) is 0 Å². The fourth-order valence-corrected chi connectivity index (χ4v) is 2.74. The Bertz CT molecular complexity index is 549. The molecule has 22 heavy (non-hydrogen) atoms. The molecule has 0 amide bonds. The van der Waals surface area contributed by atoms with E-state index in [-0.39, 0.29) is 30.2 Å². The van der Waals surface area contributed by atoms with Gasteiger partial charge >= 0.3 is 7.12 Å². The number of carbonyl (C=O) groups is 1. The van der Waals surface area contributed by atoms with Gasteiger partial charge < -0.3 is 14.0 Å². The van der Waals surface area contributed by atoms with Crippen molar-refractivity contribution in [3.63, 3.8) is 0 Å². The zero-order chi connectivity index (χ0) is 16.0. The lowest BCUT2D eigenvalue weighted by molar-refractivity contribution is -0.128. The van der Waals surface area contributed by atoms with Crippen LogP contribution in [0.5, 0.6) is 0 Å². The summed E-state index contributed by atoms with van der Waals surface area (Å²) >= 11 is 0. The van der Waals surface area contributed by atoms with Gasteiger partial charge in [0.15, 0.2) is 0 Å². The first kappa shape index (κ1) is 15.7. The molecule has 2 fully saturated rings. The quantitative estimate of drug-likeness (QED) is 0.787. The molecule has 0 spiro atoms. The number of Topliss-reactive ketones (excluding diaryl/α,β-unsaturated/α-hetero) is 1. The van der Waals surface area contributed by atoms with Crippen LogP contribution in [0.3, 0.4) is 0 Å². The maximum Gasteiger partial charge on any atom is 0.494 e. The van der Waals surface area contributed by atoms with Crippen LogP contribution < -0.4 is 5.46 Å². The smallest absolute Gasteiger partial charge is 0.399 e. The topological polar surface area (TPSA) is 44.8 Å². The molecule has 0 N–H and O–H groups in total. The van der Waals surface area contributed by atoms with Crippen molar-refractivity contribution in [2.75, 3.05) is 6.61 Å². The molecule has 5 heteroatoms. The number of rotatable bonds is 2. The minimum absolute atomic E-state index is 0.117. The van der Waals surface area contributed by atoms with E-state index in [9.17, 15) is 4.79 Å². The standard InChI is InChI=1S/C17H23BO4/c1-16(2)17(3,4)22-18(21-16)13-7-5-12(6-8-13)15-11-14(19)9-10-20-15/h5-8,15H,9-11H2,1-4H3. The Morgan fingerprint density at radius 1 is 1.05 bits per heavy atom. The van der Waals surface area contributed by atoms with Crippen molar-refractivity contribution in [3.8, 4) is 0 Å². The van der Waals surface area contributed by atoms with E-state index in [1.807, 2.05) is 52.0 Å². The molecule has 2 aliphatic rings. The Morgan fingerprint density at radius 3 is 2.18 bits per heavy atom. The highest BCUT2D eigenvalue weighted by Gasteiger charge is 2.51. The molecular formula is C17H23BO4. The molecule has 1 atom stereocenters. The summed E-state index contributed by atoms with van der Waals surface area (Å²) in [6.07, 6.45) is 0.881. The highest BCUT2D eigenvalue weighted by Crippen LogP contribution is 2.36. The molecule has 0 saturated carbocycles. The summed E-state index contributed by atoms with van der Waals surface area (Å²) in [6.45, 7) is 8.69. The van der Waals surface area contributed by atoms with E-state index < -0.39 is 0 Å². The number of ketones is 1. The molecular weight excluding hydrogens is 279 g/mol. The van der Waals surface area contributed by atoms with Gasteiger partial charge in [-0.25, -0.2) is 0 Å². The molecule has 2 heterocycles. The summed E-state index contributed by atoms with van der Waals surface area (Å²) in [5, 5.41) is 0. The third-order valence-corrected chi connectivity index (χ3v) is 4.95. The second kappa shape index (κ2) is 5.48. The lowest BCUT2D eigenvalue weighted by atomic mass is 9.78. The van der Waals surface area contributed by atoms with E-state index in [0.717, 1.165) is 11.0 Å². The van der Waals surface area contributed by atoms with Crippen LogP contribution in [0.25, 0.3) is 0 Å². The molecule has 118 valence electrons. The molecule has 0 radical (unpaired) electrons. The van der Waals surface area contributed by atoms with Crippen molar-refractivity contribution in [2.45, 2.75) is 57.8 Å². The van der Waals surface area contributed by atoms with E-state index in [2.05, 4.69) is 0 Å². The SMILES string of the molecule is CC1(C)OB(c2ccc(C3CC(=O)CCO3)cc2)OC1(C)C. The van der Waals surface area contributed by atoms with Crippen LogP contribution in [0.2, 0.25) is 0 Å². The molecule has 0 aliphatic carbocycles. The minimum Gasteiger partial charge on any atom is -0.399 e. The van der Waals surface area contributed by atoms with Gasteiger partial charge in [0, 0.05) is 12.8 Å². The fourth-order valence-electron chi connectivity index (χ4n) is 2.74. The summed E-state index contributed by atoms with van der Waals surface area (Å²) in [4.78, 5) is 11.5. The van der Waals surface area contributed by atoms with Crippen molar-refractivity contribution < 1.29 is 18.8 Å². The van der Waals surface area contributed by atoms with Crippen LogP contribution in [-0.4, -0.2) is 30.7 Å². The van der Waals surface area contributed by atoms with Gasteiger partial charge in [0.05, 0.1) is 23.9 Å². The molecule has 3 rings (SSSR count). The number of ether oxygens (including phenoxy) is 1. The first-order chi connectivity index (χ1) is 10.3. The average Bonchev–Trinajstić information content (AvgIpc) is 2.68. The van der Waals surface area contributed by atoms with Crippen molar-refractivity contribution >= 4 is 18.4 Å². The van der Waals surface area contributed by atoms with E-state index in [1.54, 1.807) is 0 Å². The lowest BCUT2D eigenvalue weighted by Crippen LogP contribution is -2.41. The maximum absolute atomic E-state index is 11.5. The van der Waals surface area contributed by atoms with Crippen LogP contribution in [0, 0.1) is 0 Å². The number of benzene rings is 1. The van der Waals surface area contributed by atoms with E-state index in [1.165, 1.54) is 0 Å². The number of hydrogen-bond donors (Lipinski definition) is 0. The molecule has 2 saturated heterocycles. The molecule has 2 aliphatic heterocycles. The molecule has 0 bridgehead atoms. The molecule has 1 aromatic carbocycles. The van der Waals surface area contributed by atoms with Gasteiger partial charge in [-0.15, -0.1) is 0 Å². The Morgan fingerprint density at radius 2 is 1.64 bits per heavy atom. The Labute approximate surface area is 132 Å². The first-order valence-electron chi connectivity index (χ1n) is 7.87. The van der Waals surface area contributed by atoms with Crippen molar-refractivity contribution in [1.82, 2.24) is 0 Å². The second-order valence-electron chi connectivity index (χ2n) is 7.11. The first-order valence-corrected chi connectivity index (χ1v) is 7.87. The third-order valence-electron chi connectivity index (χ3n) is 4.95. The van der Waals surface area contributed by atoms with Gasteiger partial charge in [0.2, 0.25) is 0 Å². The zero-order valence-corrected chi connectivity index (χ0v) is 13.7.